The van der Waals surface area contributed by atoms with E-state index in [1.165, 1.54) is 0 Å². The van der Waals surface area contributed by atoms with Crippen LogP contribution in [0.3, 0.4) is 0 Å². The van der Waals surface area contributed by atoms with Crippen molar-refractivity contribution in [1.82, 2.24) is 5.32 Å². The molecule has 0 spiro atoms. The zero-order valence-corrected chi connectivity index (χ0v) is 11.9. The fourth-order valence-corrected chi connectivity index (χ4v) is 1.37. The minimum atomic E-state index is -0.164. The summed E-state index contributed by atoms with van der Waals surface area (Å²) >= 11 is 0. The molecule has 3 N–H and O–H groups in total. The Morgan fingerprint density at radius 2 is 2.05 bits per heavy atom. The van der Waals surface area contributed by atoms with Crippen LogP contribution >= 0.6 is 0 Å². The third-order valence-electron chi connectivity index (χ3n) is 2.97. The van der Waals surface area contributed by atoms with Crippen LogP contribution in [-0.2, 0) is 4.79 Å². The summed E-state index contributed by atoms with van der Waals surface area (Å²) in [6.07, 6.45) is 0. The molecule has 5 heteroatoms. The molecule has 0 heterocycles. The largest absolute Gasteiger partial charge is 0.497 e. The molecule has 1 unspecified atom stereocenters. The maximum absolute atomic E-state index is 11.7. The highest BCUT2D eigenvalue weighted by molar-refractivity contribution is 5.78. The average Bonchev–Trinajstić information content (AvgIpc) is 2.37. The third kappa shape index (κ3) is 4.69. The molecule has 0 aliphatic rings. The monoisotopic (exact) mass is 266 g/mol. The highest BCUT2D eigenvalue weighted by atomic mass is 16.5. The van der Waals surface area contributed by atoms with Crippen LogP contribution in [0, 0.1) is 5.92 Å². The van der Waals surface area contributed by atoms with Crippen molar-refractivity contribution in [2.45, 2.75) is 26.8 Å². The van der Waals surface area contributed by atoms with Gasteiger partial charge in [-0.2, -0.15) is 0 Å². The number of ether oxygens (including phenoxy) is 2. The Kier molecular flexibility index (Phi) is 5.48. The molecule has 5 nitrogen and oxygen atoms in total. The Bertz CT molecular complexity index is 433. The van der Waals surface area contributed by atoms with Crippen LogP contribution in [0.1, 0.15) is 20.8 Å². The predicted molar refractivity (Wildman–Crippen MR) is 75.3 cm³/mol. The van der Waals surface area contributed by atoms with Gasteiger partial charge in [0.15, 0.2) is 6.61 Å². The van der Waals surface area contributed by atoms with Crippen molar-refractivity contribution >= 4 is 11.6 Å². The minimum absolute atomic E-state index is 0.0611. The molecule has 0 aromatic heterocycles. The number of benzene rings is 1. The molecule has 0 radical (unpaired) electrons. The smallest absolute Gasteiger partial charge is 0.258 e. The van der Waals surface area contributed by atoms with Crippen LogP contribution < -0.4 is 20.5 Å². The van der Waals surface area contributed by atoms with E-state index in [0.29, 0.717) is 23.1 Å². The number of methoxy groups -OCH3 is 1. The fraction of sp³-hybridized carbons (Fsp3) is 0.500. The molecule has 1 rings (SSSR count). The van der Waals surface area contributed by atoms with E-state index in [-0.39, 0.29) is 18.6 Å². The van der Waals surface area contributed by atoms with Gasteiger partial charge in [-0.15, -0.1) is 0 Å². The number of nitrogens with one attached hydrogen (secondary N) is 1. The van der Waals surface area contributed by atoms with E-state index in [1.807, 2.05) is 20.8 Å². The van der Waals surface area contributed by atoms with E-state index >= 15 is 0 Å². The summed E-state index contributed by atoms with van der Waals surface area (Å²) in [5.41, 5.74) is 6.24. The second kappa shape index (κ2) is 6.87. The zero-order chi connectivity index (χ0) is 14.4. The number of anilines is 1. The predicted octanol–water partition coefficient (Wildman–Crippen LogP) is 1.82. The molecular formula is C14H22N2O3. The van der Waals surface area contributed by atoms with Crippen LogP contribution in [0.4, 0.5) is 5.69 Å². The van der Waals surface area contributed by atoms with E-state index in [4.69, 9.17) is 15.2 Å². The van der Waals surface area contributed by atoms with Crippen molar-refractivity contribution < 1.29 is 14.3 Å². The van der Waals surface area contributed by atoms with Gasteiger partial charge in [0.2, 0.25) is 0 Å². The molecule has 19 heavy (non-hydrogen) atoms. The van der Waals surface area contributed by atoms with Gasteiger partial charge in [0.1, 0.15) is 11.5 Å². The lowest BCUT2D eigenvalue weighted by atomic mass is 10.1. The lowest BCUT2D eigenvalue weighted by molar-refractivity contribution is -0.123. The molecule has 0 aliphatic heterocycles. The van der Waals surface area contributed by atoms with Gasteiger partial charge in [0.05, 0.1) is 12.8 Å². The van der Waals surface area contributed by atoms with Gasteiger partial charge in [-0.25, -0.2) is 0 Å². The molecule has 0 fully saturated rings. The number of hydrogen-bond donors (Lipinski definition) is 2. The molecule has 0 aliphatic carbocycles. The second-order valence-electron chi connectivity index (χ2n) is 4.79. The SMILES string of the molecule is COc1ccc(N)c(OCC(=O)NC(C)C(C)C)c1. The highest BCUT2D eigenvalue weighted by Crippen LogP contribution is 2.26. The molecule has 1 atom stereocenters. The van der Waals surface area contributed by atoms with Crippen LogP contribution in [-0.4, -0.2) is 25.7 Å². The highest BCUT2D eigenvalue weighted by Gasteiger charge is 2.12. The van der Waals surface area contributed by atoms with Gasteiger partial charge >= 0.3 is 0 Å². The van der Waals surface area contributed by atoms with Crippen molar-refractivity contribution in [3.63, 3.8) is 0 Å². The van der Waals surface area contributed by atoms with Crippen molar-refractivity contribution in [3.05, 3.63) is 18.2 Å². The first-order valence-corrected chi connectivity index (χ1v) is 6.29. The lowest BCUT2D eigenvalue weighted by Crippen LogP contribution is -2.39. The van der Waals surface area contributed by atoms with Crippen LogP contribution in [0.15, 0.2) is 18.2 Å². The molecule has 1 aromatic rings. The molecule has 0 bridgehead atoms. The number of nitrogen functional groups attached to an aromatic ring is 1. The van der Waals surface area contributed by atoms with Gasteiger partial charge in [-0.05, 0) is 25.0 Å². The normalized spacial score (nSPS) is 12.1. The van der Waals surface area contributed by atoms with E-state index < -0.39 is 0 Å². The molecule has 1 aromatic carbocycles. The number of rotatable bonds is 6. The number of carbonyl (C=O) groups excluding carboxylic acids is 1. The summed E-state index contributed by atoms with van der Waals surface area (Å²) in [6, 6.07) is 5.19. The van der Waals surface area contributed by atoms with Crippen molar-refractivity contribution in [2.75, 3.05) is 19.5 Å². The molecular weight excluding hydrogens is 244 g/mol. The van der Waals surface area contributed by atoms with Crippen molar-refractivity contribution in [3.8, 4) is 11.5 Å². The quantitative estimate of drug-likeness (QED) is 0.770. The summed E-state index contributed by atoms with van der Waals surface area (Å²) in [7, 11) is 1.56. The Labute approximate surface area is 114 Å². The number of hydrogen-bond acceptors (Lipinski definition) is 4. The summed E-state index contributed by atoms with van der Waals surface area (Å²) < 4.78 is 10.5. The van der Waals surface area contributed by atoms with Crippen molar-refractivity contribution in [2.24, 2.45) is 5.92 Å². The van der Waals surface area contributed by atoms with Crippen molar-refractivity contribution in [1.29, 1.82) is 0 Å². The molecule has 1 amide bonds. The van der Waals surface area contributed by atoms with E-state index in [0.717, 1.165) is 0 Å². The fourth-order valence-electron chi connectivity index (χ4n) is 1.37. The van der Waals surface area contributed by atoms with E-state index in [1.54, 1.807) is 25.3 Å². The lowest BCUT2D eigenvalue weighted by Gasteiger charge is -2.17. The first-order chi connectivity index (χ1) is 8.93. The van der Waals surface area contributed by atoms with Gasteiger partial charge in [-0.1, -0.05) is 13.8 Å². The van der Waals surface area contributed by atoms with Crippen LogP contribution in [0.5, 0.6) is 11.5 Å². The van der Waals surface area contributed by atoms with Gasteiger partial charge in [-0.3, -0.25) is 4.79 Å². The zero-order valence-electron chi connectivity index (χ0n) is 11.9. The minimum Gasteiger partial charge on any atom is -0.497 e. The van der Waals surface area contributed by atoms with Gasteiger partial charge < -0.3 is 20.5 Å². The summed E-state index contributed by atoms with van der Waals surface area (Å²) in [5.74, 6) is 1.31. The van der Waals surface area contributed by atoms with E-state index in [9.17, 15) is 4.79 Å². The second-order valence-corrected chi connectivity index (χ2v) is 4.79. The Morgan fingerprint density at radius 3 is 2.63 bits per heavy atom. The van der Waals surface area contributed by atoms with Gasteiger partial charge in [0.25, 0.3) is 5.91 Å². The maximum Gasteiger partial charge on any atom is 0.258 e. The first-order valence-electron chi connectivity index (χ1n) is 6.29. The number of carbonyl (C=O) groups is 1. The first kappa shape index (κ1) is 15.1. The van der Waals surface area contributed by atoms with Crippen LogP contribution in [0.2, 0.25) is 0 Å². The maximum atomic E-state index is 11.7. The van der Waals surface area contributed by atoms with E-state index in [2.05, 4.69) is 5.32 Å². The summed E-state index contributed by atoms with van der Waals surface area (Å²) in [6.45, 7) is 5.99. The Balaban J connectivity index is 2.54. The molecule has 0 saturated carbocycles. The van der Waals surface area contributed by atoms with Gasteiger partial charge in [0, 0.05) is 12.1 Å². The standard InChI is InChI=1S/C14H22N2O3/c1-9(2)10(3)16-14(17)8-19-13-7-11(18-4)5-6-12(13)15/h5-7,9-10H,8,15H2,1-4H3,(H,16,17). The Hall–Kier alpha value is -1.91. The topological polar surface area (TPSA) is 73.6 Å². The number of amides is 1. The third-order valence-corrected chi connectivity index (χ3v) is 2.97. The molecule has 0 saturated heterocycles. The molecule has 106 valence electrons. The summed E-state index contributed by atoms with van der Waals surface area (Å²) in [4.78, 5) is 11.7. The van der Waals surface area contributed by atoms with Crippen LogP contribution in [0.25, 0.3) is 0 Å². The number of nitrogens with two attached hydrogens (primary N) is 1. The summed E-state index contributed by atoms with van der Waals surface area (Å²) in [5, 5.41) is 2.86. The Morgan fingerprint density at radius 1 is 1.37 bits per heavy atom. The average molecular weight is 266 g/mol.